The van der Waals surface area contributed by atoms with Crippen LogP contribution in [0.5, 0.6) is 23.0 Å². The van der Waals surface area contributed by atoms with Crippen LogP contribution in [0.2, 0.25) is 0 Å². The zero-order valence-corrected chi connectivity index (χ0v) is 15.5. The molecule has 26 heavy (non-hydrogen) atoms. The van der Waals surface area contributed by atoms with E-state index < -0.39 is 0 Å². The lowest BCUT2D eigenvalue weighted by atomic mass is 9.79. The first kappa shape index (κ1) is 16.6. The maximum Gasteiger partial charge on any atom is 0.166 e. The van der Waals surface area contributed by atoms with Crippen molar-refractivity contribution < 1.29 is 19.7 Å². The number of hydrogen-bond donors (Lipinski definition) is 2. The maximum absolute atomic E-state index is 10.0. The molecule has 2 aliphatic heterocycles. The summed E-state index contributed by atoms with van der Waals surface area (Å²) in [5.74, 6) is 1.31. The van der Waals surface area contributed by atoms with Gasteiger partial charge in [-0.1, -0.05) is 6.07 Å². The standard InChI is InChI=1S/C21H23NO4/c1-21(2)19-13(5-6-18(25-3)20(19)26-4)9-15-14-11-17(24)16(23)10-12(14)7-8-22(15)21/h5-6,9-11,23-24H,7-8H2,1-4H3. The fraction of sp³-hybridized carbons (Fsp3) is 0.333. The molecule has 136 valence electrons. The minimum absolute atomic E-state index is 0.0697. The van der Waals surface area contributed by atoms with E-state index in [2.05, 4.69) is 24.8 Å². The van der Waals surface area contributed by atoms with Crippen LogP contribution in [0.3, 0.4) is 0 Å². The molecule has 0 spiro atoms. The normalized spacial score (nSPS) is 16.9. The number of nitrogens with zero attached hydrogens (tertiary/aromatic N) is 1. The van der Waals surface area contributed by atoms with Gasteiger partial charge in [0.25, 0.3) is 0 Å². The lowest BCUT2D eigenvalue weighted by molar-refractivity contribution is 0.188. The van der Waals surface area contributed by atoms with Crippen molar-refractivity contribution in [3.8, 4) is 23.0 Å². The second-order valence-corrected chi connectivity index (χ2v) is 7.25. The molecule has 0 atom stereocenters. The number of fused-ring (bicyclic) bond motifs is 4. The van der Waals surface area contributed by atoms with Crippen LogP contribution < -0.4 is 9.47 Å². The molecule has 0 saturated heterocycles. The van der Waals surface area contributed by atoms with Crippen molar-refractivity contribution in [3.63, 3.8) is 0 Å². The summed E-state index contributed by atoms with van der Waals surface area (Å²) in [6.45, 7) is 5.16. The number of phenolic OH excluding ortho intramolecular Hbond substituents is 2. The van der Waals surface area contributed by atoms with Gasteiger partial charge in [-0.2, -0.15) is 0 Å². The average molecular weight is 353 g/mol. The summed E-state index contributed by atoms with van der Waals surface area (Å²) in [5, 5.41) is 19.9. The van der Waals surface area contributed by atoms with Crippen LogP contribution in [-0.2, 0) is 12.0 Å². The smallest absolute Gasteiger partial charge is 0.166 e. The van der Waals surface area contributed by atoms with Crippen molar-refractivity contribution in [2.75, 3.05) is 20.8 Å². The topological polar surface area (TPSA) is 62.2 Å². The molecule has 4 rings (SSSR count). The molecule has 2 aromatic carbocycles. The number of methoxy groups -OCH3 is 2. The van der Waals surface area contributed by atoms with Crippen LogP contribution in [0.1, 0.15) is 36.1 Å². The van der Waals surface area contributed by atoms with E-state index in [0.717, 1.165) is 52.4 Å². The van der Waals surface area contributed by atoms with Crippen LogP contribution in [-0.4, -0.2) is 35.9 Å². The number of ether oxygens (including phenoxy) is 2. The predicted molar refractivity (Wildman–Crippen MR) is 101 cm³/mol. The molecule has 0 aliphatic carbocycles. The molecule has 2 aliphatic rings. The number of hydrogen-bond acceptors (Lipinski definition) is 5. The van der Waals surface area contributed by atoms with Gasteiger partial charge in [-0.25, -0.2) is 0 Å². The molecule has 0 radical (unpaired) electrons. The number of phenols is 2. The maximum atomic E-state index is 10.0. The molecular weight excluding hydrogens is 330 g/mol. The molecule has 5 heteroatoms. The lowest BCUT2D eigenvalue weighted by Crippen LogP contribution is -2.46. The van der Waals surface area contributed by atoms with E-state index in [-0.39, 0.29) is 17.0 Å². The summed E-state index contributed by atoms with van der Waals surface area (Å²) in [7, 11) is 3.31. The van der Waals surface area contributed by atoms with E-state index >= 15 is 0 Å². The van der Waals surface area contributed by atoms with Gasteiger partial charge in [0.2, 0.25) is 0 Å². The highest BCUT2D eigenvalue weighted by Gasteiger charge is 2.41. The van der Waals surface area contributed by atoms with Crippen molar-refractivity contribution in [2.45, 2.75) is 25.8 Å². The Labute approximate surface area is 153 Å². The fourth-order valence-corrected chi connectivity index (χ4v) is 4.28. The monoisotopic (exact) mass is 353 g/mol. The Kier molecular flexibility index (Phi) is 3.58. The molecule has 0 saturated carbocycles. The molecule has 0 fully saturated rings. The van der Waals surface area contributed by atoms with Gasteiger partial charge < -0.3 is 24.6 Å². The highest BCUT2D eigenvalue weighted by Crippen LogP contribution is 2.51. The zero-order chi connectivity index (χ0) is 18.6. The number of rotatable bonds is 2. The summed E-state index contributed by atoms with van der Waals surface area (Å²) in [6.07, 6.45) is 2.92. The van der Waals surface area contributed by atoms with Crippen molar-refractivity contribution >= 4 is 11.8 Å². The molecule has 0 bridgehead atoms. The highest BCUT2D eigenvalue weighted by molar-refractivity contribution is 5.88. The first-order chi connectivity index (χ1) is 12.4. The van der Waals surface area contributed by atoms with E-state index in [1.807, 2.05) is 12.1 Å². The summed E-state index contributed by atoms with van der Waals surface area (Å²) in [5.41, 5.74) is 4.90. The van der Waals surface area contributed by atoms with Crippen molar-refractivity contribution in [1.29, 1.82) is 0 Å². The van der Waals surface area contributed by atoms with E-state index in [1.165, 1.54) is 0 Å². The SMILES string of the molecule is COc1ccc2c(c1OC)C(C)(C)N1CCc3cc(O)c(O)cc3C1=C2. The Hall–Kier alpha value is -2.82. The van der Waals surface area contributed by atoms with Gasteiger partial charge in [-0.15, -0.1) is 0 Å². The summed E-state index contributed by atoms with van der Waals surface area (Å²) in [4.78, 5) is 2.33. The van der Waals surface area contributed by atoms with E-state index in [4.69, 9.17) is 9.47 Å². The Morgan fingerprint density at radius 2 is 1.77 bits per heavy atom. The minimum Gasteiger partial charge on any atom is -0.504 e. The van der Waals surface area contributed by atoms with Gasteiger partial charge in [0, 0.05) is 23.4 Å². The summed E-state index contributed by atoms with van der Waals surface area (Å²) >= 11 is 0. The molecule has 0 amide bonds. The highest BCUT2D eigenvalue weighted by atomic mass is 16.5. The van der Waals surface area contributed by atoms with Gasteiger partial charge in [0.15, 0.2) is 23.0 Å². The quantitative estimate of drug-likeness (QED) is 0.806. The Bertz CT molecular complexity index is 930. The van der Waals surface area contributed by atoms with Gasteiger partial charge in [-0.3, -0.25) is 0 Å². The predicted octanol–water partition coefficient (Wildman–Crippen LogP) is 3.72. The molecular formula is C21H23NO4. The van der Waals surface area contributed by atoms with Crippen molar-refractivity contribution in [2.24, 2.45) is 0 Å². The third-order valence-electron chi connectivity index (χ3n) is 5.53. The van der Waals surface area contributed by atoms with Gasteiger partial charge in [0.1, 0.15) is 0 Å². The largest absolute Gasteiger partial charge is 0.504 e. The molecule has 0 unspecified atom stereocenters. The van der Waals surface area contributed by atoms with Crippen LogP contribution in [0, 0.1) is 0 Å². The molecule has 2 heterocycles. The second kappa shape index (κ2) is 5.59. The third kappa shape index (κ3) is 2.16. The fourth-order valence-electron chi connectivity index (χ4n) is 4.28. The first-order valence-electron chi connectivity index (χ1n) is 8.68. The average Bonchev–Trinajstić information content (AvgIpc) is 2.61. The van der Waals surface area contributed by atoms with E-state index in [0.29, 0.717) is 0 Å². The summed E-state index contributed by atoms with van der Waals surface area (Å²) in [6, 6.07) is 7.28. The Morgan fingerprint density at radius 1 is 1.04 bits per heavy atom. The lowest BCUT2D eigenvalue weighted by Gasteiger charge is -2.48. The minimum atomic E-state index is -0.315. The number of benzene rings is 2. The van der Waals surface area contributed by atoms with Crippen LogP contribution >= 0.6 is 0 Å². The summed E-state index contributed by atoms with van der Waals surface area (Å²) < 4.78 is 11.2. The molecule has 2 aromatic rings. The number of aromatic hydroxyl groups is 2. The van der Waals surface area contributed by atoms with Crippen molar-refractivity contribution in [1.82, 2.24) is 4.90 Å². The van der Waals surface area contributed by atoms with Crippen LogP contribution in [0.25, 0.3) is 11.8 Å². The Morgan fingerprint density at radius 3 is 2.46 bits per heavy atom. The van der Waals surface area contributed by atoms with E-state index in [1.54, 1.807) is 26.4 Å². The van der Waals surface area contributed by atoms with Gasteiger partial charge >= 0.3 is 0 Å². The van der Waals surface area contributed by atoms with Gasteiger partial charge in [0.05, 0.1) is 19.8 Å². The van der Waals surface area contributed by atoms with Crippen molar-refractivity contribution in [3.05, 3.63) is 46.5 Å². The van der Waals surface area contributed by atoms with Gasteiger partial charge in [-0.05, 0) is 55.7 Å². The Balaban J connectivity index is 1.99. The molecule has 2 N–H and O–H groups in total. The van der Waals surface area contributed by atoms with Crippen LogP contribution in [0.15, 0.2) is 24.3 Å². The zero-order valence-electron chi connectivity index (χ0n) is 15.5. The second-order valence-electron chi connectivity index (χ2n) is 7.25. The molecule has 5 nitrogen and oxygen atoms in total. The van der Waals surface area contributed by atoms with E-state index in [9.17, 15) is 10.2 Å². The molecule has 0 aromatic heterocycles. The third-order valence-corrected chi connectivity index (χ3v) is 5.53. The first-order valence-corrected chi connectivity index (χ1v) is 8.68. The van der Waals surface area contributed by atoms with Crippen LogP contribution in [0.4, 0.5) is 0 Å².